The molecule has 0 amide bonds. The molecule has 4 nitrogen and oxygen atoms in total. The largest absolute Gasteiger partial charge is 0.314 e. The fraction of sp³-hybridized carbons (Fsp3) is 0.636. The molecular formula is C11H17ClN2O2S2. The van der Waals surface area contributed by atoms with E-state index in [2.05, 4.69) is 12.2 Å². The van der Waals surface area contributed by atoms with E-state index in [1.165, 1.54) is 0 Å². The van der Waals surface area contributed by atoms with Crippen molar-refractivity contribution in [3.8, 4) is 0 Å². The van der Waals surface area contributed by atoms with Gasteiger partial charge in [0.1, 0.15) is 4.21 Å². The Morgan fingerprint density at radius 2 is 2.11 bits per heavy atom. The van der Waals surface area contributed by atoms with Crippen LogP contribution < -0.4 is 5.32 Å². The third kappa shape index (κ3) is 3.05. The van der Waals surface area contributed by atoms with E-state index in [4.69, 9.17) is 11.6 Å². The van der Waals surface area contributed by atoms with Crippen molar-refractivity contribution < 1.29 is 8.42 Å². The second kappa shape index (κ2) is 5.88. The number of rotatable bonds is 4. The predicted molar refractivity (Wildman–Crippen MR) is 74.8 cm³/mol. The highest BCUT2D eigenvalue weighted by molar-refractivity contribution is 7.91. The second-order valence-corrected chi connectivity index (χ2v) is 8.17. The predicted octanol–water partition coefficient (Wildman–Crippen LogP) is 2.16. The molecule has 0 aromatic carbocycles. The first-order chi connectivity index (χ1) is 8.54. The van der Waals surface area contributed by atoms with Gasteiger partial charge in [0.25, 0.3) is 10.0 Å². The summed E-state index contributed by atoms with van der Waals surface area (Å²) in [6.45, 7) is 4.15. The summed E-state index contributed by atoms with van der Waals surface area (Å²) in [5.74, 6) is 0. The van der Waals surface area contributed by atoms with E-state index in [9.17, 15) is 8.42 Å². The van der Waals surface area contributed by atoms with Crippen molar-refractivity contribution in [1.29, 1.82) is 0 Å². The molecular weight excluding hydrogens is 292 g/mol. The summed E-state index contributed by atoms with van der Waals surface area (Å²) in [4.78, 5) is 0. The molecule has 0 radical (unpaired) electrons. The Morgan fingerprint density at radius 3 is 2.61 bits per heavy atom. The van der Waals surface area contributed by atoms with Gasteiger partial charge in [-0.25, -0.2) is 8.42 Å². The number of thiophene rings is 1. The van der Waals surface area contributed by atoms with Gasteiger partial charge in [-0.1, -0.05) is 18.5 Å². The first-order valence-electron chi connectivity index (χ1n) is 6.03. The first kappa shape index (κ1) is 14.3. The van der Waals surface area contributed by atoms with Crippen molar-refractivity contribution in [2.24, 2.45) is 0 Å². The Labute approximate surface area is 117 Å². The summed E-state index contributed by atoms with van der Waals surface area (Å²) in [7, 11) is -3.34. The van der Waals surface area contributed by atoms with Gasteiger partial charge in [0.2, 0.25) is 0 Å². The van der Waals surface area contributed by atoms with Crippen LogP contribution in [0.5, 0.6) is 0 Å². The van der Waals surface area contributed by atoms with Crippen LogP contribution in [0, 0.1) is 0 Å². The van der Waals surface area contributed by atoms with E-state index < -0.39 is 10.0 Å². The lowest BCUT2D eigenvalue weighted by Gasteiger charge is -2.31. The molecule has 0 atom stereocenters. The van der Waals surface area contributed by atoms with Gasteiger partial charge in [0, 0.05) is 19.1 Å². The van der Waals surface area contributed by atoms with Gasteiger partial charge in [0.15, 0.2) is 0 Å². The lowest BCUT2D eigenvalue weighted by Crippen LogP contribution is -2.44. The number of piperidine rings is 1. The molecule has 1 N–H and O–H groups in total. The molecule has 2 heterocycles. The highest BCUT2D eigenvalue weighted by Gasteiger charge is 2.30. The Kier molecular flexibility index (Phi) is 4.66. The van der Waals surface area contributed by atoms with Crippen LogP contribution >= 0.6 is 22.9 Å². The standard InChI is InChI=1S/C11H17ClN2O2S2/c1-2-13-9-5-7-14(8-6-9)18(15,16)11-4-3-10(12)17-11/h3-4,9,13H,2,5-8H2,1H3. The zero-order valence-corrected chi connectivity index (χ0v) is 12.6. The van der Waals surface area contributed by atoms with Gasteiger partial charge < -0.3 is 5.32 Å². The smallest absolute Gasteiger partial charge is 0.252 e. The van der Waals surface area contributed by atoms with E-state index in [-0.39, 0.29) is 0 Å². The Bertz CT molecular complexity index is 493. The van der Waals surface area contributed by atoms with Crippen LogP contribution in [0.3, 0.4) is 0 Å². The molecule has 102 valence electrons. The molecule has 0 aliphatic carbocycles. The minimum Gasteiger partial charge on any atom is -0.314 e. The number of nitrogens with one attached hydrogen (secondary N) is 1. The zero-order valence-electron chi connectivity index (χ0n) is 10.2. The van der Waals surface area contributed by atoms with E-state index in [1.807, 2.05) is 0 Å². The molecule has 1 aromatic heterocycles. The highest BCUT2D eigenvalue weighted by atomic mass is 35.5. The molecule has 0 unspecified atom stereocenters. The van der Waals surface area contributed by atoms with Crippen LogP contribution in [0.4, 0.5) is 0 Å². The molecule has 0 bridgehead atoms. The van der Waals surface area contributed by atoms with Crippen LogP contribution in [-0.4, -0.2) is 38.4 Å². The van der Waals surface area contributed by atoms with Crippen LogP contribution in [0.2, 0.25) is 4.34 Å². The Morgan fingerprint density at radius 1 is 1.44 bits per heavy atom. The number of hydrogen-bond donors (Lipinski definition) is 1. The molecule has 0 saturated carbocycles. The van der Waals surface area contributed by atoms with E-state index in [0.717, 1.165) is 30.7 Å². The summed E-state index contributed by atoms with van der Waals surface area (Å²) in [6.07, 6.45) is 1.73. The maximum Gasteiger partial charge on any atom is 0.252 e. The van der Waals surface area contributed by atoms with Crippen molar-refractivity contribution in [2.45, 2.75) is 30.0 Å². The highest BCUT2D eigenvalue weighted by Crippen LogP contribution is 2.29. The Balaban J connectivity index is 2.05. The summed E-state index contributed by atoms with van der Waals surface area (Å²) < 4.78 is 27.1. The summed E-state index contributed by atoms with van der Waals surface area (Å²) in [5, 5.41) is 3.36. The summed E-state index contributed by atoms with van der Waals surface area (Å²) in [5.41, 5.74) is 0. The molecule has 1 aliphatic rings. The minimum absolute atomic E-state index is 0.342. The van der Waals surface area contributed by atoms with E-state index in [0.29, 0.717) is 27.7 Å². The van der Waals surface area contributed by atoms with Crippen LogP contribution in [0.15, 0.2) is 16.3 Å². The summed E-state index contributed by atoms with van der Waals surface area (Å²) in [6, 6.07) is 3.65. The van der Waals surface area contributed by atoms with Gasteiger partial charge in [-0.2, -0.15) is 4.31 Å². The molecule has 2 rings (SSSR count). The Hall–Kier alpha value is -0.140. The molecule has 7 heteroatoms. The molecule has 18 heavy (non-hydrogen) atoms. The summed E-state index contributed by atoms with van der Waals surface area (Å²) >= 11 is 6.91. The van der Waals surface area contributed by atoms with Gasteiger partial charge in [-0.15, -0.1) is 11.3 Å². The van der Waals surface area contributed by atoms with E-state index in [1.54, 1.807) is 16.4 Å². The molecule has 0 spiro atoms. The van der Waals surface area contributed by atoms with Crippen molar-refractivity contribution in [1.82, 2.24) is 9.62 Å². The molecule has 1 fully saturated rings. The van der Waals surface area contributed by atoms with Crippen molar-refractivity contribution in [3.63, 3.8) is 0 Å². The first-order valence-corrected chi connectivity index (χ1v) is 8.66. The SMILES string of the molecule is CCNC1CCN(S(=O)(=O)c2ccc(Cl)s2)CC1. The quantitative estimate of drug-likeness (QED) is 0.927. The third-order valence-electron chi connectivity index (χ3n) is 3.09. The molecule has 1 saturated heterocycles. The van der Waals surface area contributed by atoms with Crippen molar-refractivity contribution >= 4 is 33.0 Å². The lowest BCUT2D eigenvalue weighted by atomic mass is 10.1. The molecule has 1 aromatic rings. The van der Waals surface area contributed by atoms with Gasteiger partial charge >= 0.3 is 0 Å². The second-order valence-electron chi connectivity index (χ2n) is 4.29. The minimum atomic E-state index is -3.34. The number of halogens is 1. The number of hydrogen-bond acceptors (Lipinski definition) is 4. The lowest BCUT2D eigenvalue weighted by molar-refractivity contribution is 0.293. The van der Waals surface area contributed by atoms with E-state index >= 15 is 0 Å². The topological polar surface area (TPSA) is 49.4 Å². The number of nitrogens with zero attached hydrogens (tertiary/aromatic N) is 1. The monoisotopic (exact) mass is 308 g/mol. The number of sulfonamides is 1. The van der Waals surface area contributed by atoms with Gasteiger partial charge in [-0.05, 0) is 31.5 Å². The normalized spacial score (nSPS) is 19.2. The van der Waals surface area contributed by atoms with Gasteiger partial charge in [0.05, 0.1) is 4.34 Å². The maximum absolute atomic E-state index is 12.3. The van der Waals surface area contributed by atoms with Gasteiger partial charge in [-0.3, -0.25) is 0 Å². The van der Waals surface area contributed by atoms with Crippen LogP contribution in [-0.2, 0) is 10.0 Å². The van der Waals surface area contributed by atoms with Crippen LogP contribution in [0.25, 0.3) is 0 Å². The average molecular weight is 309 g/mol. The third-order valence-corrected chi connectivity index (χ3v) is 6.69. The van der Waals surface area contributed by atoms with Crippen molar-refractivity contribution in [3.05, 3.63) is 16.5 Å². The van der Waals surface area contributed by atoms with Crippen LogP contribution in [0.1, 0.15) is 19.8 Å². The maximum atomic E-state index is 12.3. The van der Waals surface area contributed by atoms with Crippen molar-refractivity contribution in [2.75, 3.05) is 19.6 Å². The fourth-order valence-electron chi connectivity index (χ4n) is 2.15. The zero-order chi connectivity index (χ0) is 13.2. The fourth-order valence-corrected chi connectivity index (χ4v) is 5.26. The molecule has 1 aliphatic heterocycles. The average Bonchev–Trinajstić information content (AvgIpc) is 2.78.